The van der Waals surface area contributed by atoms with Gasteiger partial charge in [-0.1, -0.05) is 22.4 Å². The van der Waals surface area contributed by atoms with Crippen LogP contribution in [0.2, 0.25) is 0 Å². The lowest BCUT2D eigenvalue weighted by molar-refractivity contribution is 0.122. The molecule has 0 aromatic heterocycles. The molecule has 1 fully saturated rings. The van der Waals surface area contributed by atoms with Crippen molar-refractivity contribution in [3.8, 4) is 5.75 Å². The minimum Gasteiger partial charge on any atom is -0.493 e. The normalized spacial score (nSPS) is 24.2. The molecule has 0 spiro atoms. The first-order chi connectivity index (χ1) is 9.65. The molecular weight excluding hydrogens is 316 g/mol. The lowest BCUT2D eigenvalue weighted by Gasteiger charge is -2.38. The number of piperidine rings is 1. The van der Waals surface area contributed by atoms with Crippen LogP contribution in [0.3, 0.4) is 0 Å². The minimum atomic E-state index is 0.233. The highest BCUT2D eigenvalue weighted by atomic mass is 79.9. The van der Waals surface area contributed by atoms with Gasteiger partial charge in [-0.05, 0) is 44.0 Å². The summed E-state index contributed by atoms with van der Waals surface area (Å²) in [6.07, 6.45) is 4.82. The lowest BCUT2D eigenvalue weighted by atomic mass is 9.96. The van der Waals surface area contributed by atoms with Crippen LogP contribution in [-0.2, 0) is 13.0 Å². The van der Waals surface area contributed by atoms with Gasteiger partial charge >= 0.3 is 0 Å². The summed E-state index contributed by atoms with van der Waals surface area (Å²) in [6, 6.07) is 5.12. The summed E-state index contributed by atoms with van der Waals surface area (Å²) in [4.78, 5) is 2.54. The van der Waals surface area contributed by atoms with Crippen molar-refractivity contribution in [1.29, 1.82) is 0 Å². The van der Waals surface area contributed by atoms with Crippen molar-refractivity contribution in [2.45, 2.75) is 51.2 Å². The lowest BCUT2D eigenvalue weighted by Crippen LogP contribution is -2.48. The van der Waals surface area contributed by atoms with E-state index in [-0.39, 0.29) is 6.04 Å². The second kappa shape index (κ2) is 6.04. The van der Waals surface area contributed by atoms with Crippen molar-refractivity contribution in [3.05, 3.63) is 27.7 Å². The van der Waals surface area contributed by atoms with Gasteiger partial charge in [-0.3, -0.25) is 4.90 Å². The summed E-state index contributed by atoms with van der Waals surface area (Å²) in [5, 5.41) is 0. The van der Waals surface area contributed by atoms with Gasteiger partial charge in [-0.25, -0.2) is 0 Å². The topological polar surface area (TPSA) is 38.5 Å². The number of rotatable bonds is 3. The van der Waals surface area contributed by atoms with Crippen LogP contribution >= 0.6 is 15.9 Å². The predicted octanol–water partition coefficient (Wildman–Crippen LogP) is 3.09. The van der Waals surface area contributed by atoms with Crippen LogP contribution < -0.4 is 10.5 Å². The quantitative estimate of drug-likeness (QED) is 0.920. The number of nitrogens with two attached hydrogens (primary N) is 1. The van der Waals surface area contributed by atoms with Gasteiger partial charge in [-0.2, -0.15) is 0 Å². The van der Waals surface area contributed by atoms with Crippen LogP contribution in [-0.4, -0.2) is 30.1 Å². The third kappa shape index (κ3) is 2.87. The van der Waals surface area contributed by atoms with Gasteiger partial charge in [0.15, 0.2) is 0 Å². The summed E-state index contributed by atoms with van der Waals surface area (Å²) < 4.78 is 7.00. The molecule has 2 unspecified atom stereocenters. The molecule has 1 aromatic rings. The summed E-state index contributed by atoms with van der Waals surface area (Å²) in [7, 11) is 0. The Kier molecular flexibility index (Phi) is 4.34. The van der Waals surface area contributed by atoms with Crippen molar-refractivity contribution in [2.24, 2.45) is 5.73 Å². The molecule has 110 valence electrons. The van der Waals surface area contributed by atoms with Gasteiger partial charge in [-0.15, -0.1) is 0 Å². The average molecular weight is 339 g/mol. The van der Waals surface area contributed by atoms with E-state index in [1.54, 1.807) is 0 Å². The summed E-state index contributed by atoms with van der Waals surface area (Å²) in [6.45, 7) is 5.04. The molecule has 4 heteroatoms. The number of likely N-dealkylation sites (tertiary alicyclic amines) is 1. The van der Waals surface area contributed by atoms with Crippen LogP contribution in [0.4, 0.5) is 0 Å². The van der Waals surface area contributed by atoms with Gasteiger partial charge in [0.2, 0.25) is 0 Å². The maximum Gasteiger partial charge on any atom is 0.127 e. The Morgan fingerprint density at radius 2 is 2.30 bits per heavy atom. The largest absolute Gasteiger partial charge is 0.493 e. The van der Waals surface area contributed by atoms with E-state index in [4.69, 9.17) is 10.5 Å². The van der Waals surface area contributed by atoms with Crippen molar-refractivity contribution in [1.82, 2.24) is 4.90 Å². The third-order valence-electron chi connectivity index (χ3n) is 4.47. The van der Waals surface area contributed by atoms with E-state index in [0.717, 1.165) is 36.3 Å². The van der Waals surface area contributed by atoms with Crippen LogP contribution in [0.15, 0.2) is 16.6 Å². The number of halogens is 1. The minimum absolute atomic E-state index is 0.233. The maximum absolute atomic E-state index is 6.17. The van der Waals surface area contributed by atoms with Crippen LogP contribution in [0, 0.1) is 0 Å². The van der Waals surface area contributed by atoms with E-state index in [9.17, 15) is 0 Å². The second-order valence-electron chi connectivity index (χ2n) is 6.04. The van der Waals surface area contributed by atoms with Gasteiger partial charge in [0.1, 0.15) is 5.75 Å². The Hall–Kier alpha value is -0.580. The van der Waals surface area contributed by atoms with Crippen molar-refractivity contribution >= 4 is 15.9 Å². The summed E-state index contributed by atoms with van der Waals surface area (Å²) in [5.74, 6) is 1.11. The van der Waals surface area contributed by atoms with Gasteiger partial charge in [0.05, 0.1) is 6.61 Å². The first-order valence-corrected chi connectivity index (χ1v) is 8.38. The monoisotopic (exact) mass is 338 g/mol. The van der Waals surface area contributed by atoms with Gasteiger partial charge in [0, 0.05) is 35.1 Å². The van der Waals surface area contributed by atoms with Gasteiger partial charge in [0.25, 0.3) is 0 Å². The third-order valence-corrected chi connectivity index (χ3v) is 4.93. The van der Waals surface area contributed by atoms with Crippen LogP contribution in [0.5, 0.6) is 5.75 Å². The molecule has 2 aliphatic heterocycles. The number of fused-ring (bicyclic) bond motifs is 1. The SMILES string of the molecule is CC(N)C1CCCCN1Cc1cc(Br)cc2c1OCC2. The Labute approximate surface area is 129 Å². The number of benzene rings is 1. The zero-order valence-corrected chi connectivity index (χ0v) is 13.7. The fraction of sp³-hybridized carbons (Fsp3) is 0.625. The molecule has 0 amide bonds. The molecule has 0 radical (unpaired) electrons. The van der Waals surface area contributed by atoms with Crippen molar-refractivity contribution in [2.75, 3.05) is 13.2 Å². The average Bonchev–Trinajstić information content (AvgIpc) is 2.87. The number of hydrogen-bond acceptors (Lipinski definition) is 3. The Morgan fingerprint density at radius 3 is 3.10 bits per heavy atom. The molecule has 2 heterocycles. The highest BCUT2D eigenvalue weighted by Crippen LogP contribution is 2.35. The molecule has 1 saturated heterocycles. The molecule has 2 aliphatic rings. The molecule has 3 rings (SSSR count). The van der Waals surface area contributed by atoms with E-state index in [1.807, 2.05) is 0 Å². The van der Waals surface area contributed by atoms with Crippen LogP contribution in [0.25, 0.3) is 0 Å². The summed E-state index contributed by atoms with van der Waals surface area (Å²) in [5.41, 5.74) is 8.81. The number of ether oxygens (including phenoxy) is 1. The fourth-order valence-electron chi connectivity index (χ4n) is 3.49. The highest BCUT2D eigenvalue weighted by Gasteiger charge is 2.27. The zero-order chi connectivity index (χ0) is 14.1. The molecule has 2 N–H and O–H groups in total. The van der Waals surface area contributed by atoms with Crippen molar-refractivity contribution in [3.63, 3.8) is 0 Å². The Balaban J connectivity index is 1.83. The van der Waals surface area contributed by atoms with E-state index < -0.39 is 0 Å². The molecule has 0 aliphatic carbocycles. The zero-order valence-electron chi connectivity index (χ0n) is 12.1. The summed E-state index contributed by atoms with van der Waals surface area (Å²) >= 11 is 3.63. The van der Waals surface area contributed by atoms with Crippen molar-refractivity contribution < 1.29 is 4.74 Å². The second-order valence-corrected chi connectivity index (χ2v) is 6.96. The Bertz CT molecular complexity index is 490. The molecule has 0 saturated carbocycles. The van der Waals surface area contributed by atoms with E-state index in [1.165, 1.54) is 30.4 Å². The smallest absolute Gasteiger partial charge is 0.127 e. The molecule has 2 atom stereocenters. The maximum atomic E-state index is 6.17. The first kappa shape index (κ1) is 14.4. The molecule has 20 heavy (non-hydrogen) atoms. The molecular formula is C16H23BrN2O. The molecule has 1 aromatic carbocycles. The first-order valence-electron chi connectivity index (χ1n) is 7.59. The molecule has 0 bridgehead atoms. The van der Waals surface area contributed by atoms with Crippen LogP contribution in [0.1, 0.15) is 37.3 Å². The fourth-order valence-corrected chi connectivity index (χ4v) is 4.04. The number of hydrogen-bond donors (Lipinski definition) is 1. The highest BCUT2D eigenvalue weighted by molar-refractivity contribution is 9.10. The van der Waals surface area contributed by atoms with Gasteiger partial charge < -0.3 is 10.5 Å². The van der Waals surface area contributed by atoms with E-state index in [2.05, 4.69) is 39.9 Å². The predicted molar refractivity (Wildman–Crippen MR) is 85.0 cm³/mol. The van der Waals surface area contributed by atoms with E-state index in [0.29, 0.717) is 6.04 Å². The number of nitrogens with zero attached hydrogens (tertiary/aromatic N) is 1. The molecule has 3 nitrogen and oxygen atoms in total. The van der Waals surface area contributed by atoms with E-state index >= 15 is 0 Å². The Morgan fingerprint density at radius 1 is 1.45 bits per heavy atom. The standard InChI is InChI=1S/C16H23BrN2O/c1-11(18)15-4-2-3-6-19(15)10-13-9-14(17)8-12-5-7-20-16(12)13/h8-9,11,15H,2-7,10,18H2,1H3.